The lowest BCUT2D eigenvalue weighted by atomic mass is 10.1. The zero-order valence-electron chi connectivity index (χ0n) is 18.1. The number of carbonyl (C=O) groups is 1. The van der Waals surface area contributed by atoms with Gasteiger partial charge in [-0.3, -0.25) is 4.72 Å². The van der Waals surface area contributed by atoms with E-state index in [-0.39, 0.29) is 28.4 Å². The van der Waals surface area contributed by atoms with Crippen molar-refractivity contribution in [1.29, 1.82) is 0 Å². The van der Waals surface area contributed by atoms with Gasteiger partial charge in [-0.05, 0) is 55.2 Å². The van der Waals surface area contributed by atoms with Crippen LogP contribution in [0, 0.1) is 0 Å². The van der Waals surface area contributed by atoms with E-state index in [1.807, 2.05) is 0 Å². The van der Waals surface area contributed by atoms with Gasteiger partial charge in [0, 0.05) is 13.1 Å². The third-order valence-corrected chi connectivity index (χ3v) is 6.91. The summed E-state index contributed by atoms with van der Waals surface area (Å²) in [5.74, 6) is -0.740. The van der Waals surface area contributed by atoms with E-state index in [0.29, 0.717) is 31.4 Å². The summed E-state index contributed by atoms with van der Waals surface area (Å²) in [5.41, 5.74) is -0.659. The molecule has 0 bridgehead atoms. The number of esters is 1. The van der Waals surface area contributed by atoms with Gasteiger partial charge in [-0.1, -0.05) is 13.0 Å². The number of methoxy groups -OCH3 is 1. The number of ether oxygens (including phenoxy) is 1. The van der Waals surface area contributed by atoms with Gasteiger partial charge in [0.2, 0.25) is 0 Å². The molecule has 0 spiro atoms. The van der Waals surface area contributed by atoms with Crippen molar-refractivity contribution in [2.75, 3.05) is 29.8 Å². The Kier molecular flexibility index (Phi) is 7.23. The molecule has 0 aliphatic carbocycles. The number of hydrogen-bond acceptors (Lipinski definition) is 6. The maximum atomic E-state index is 13.4. The van der Waals surface area contributed by atoms with Gasteiger partial charge in [-0.25, -0.2) is 13.2 Å². The van der Waals surface area contributed by atoms with Gasteiger partial charge >= 0.3 is 12.1 Å². The van der Waals surface area contributed by atoms with E-state index in [1.165, 1.54) is 18.2 Å². The summed E-state index contributed by atoms with van der Waals surface area (Å²) in [6, 6.07) is 6.85. The molecule has 1 fully saturated rings. The monoisotopic (exact) mass is 486 g/mol. The number of hydrogen-bond donors (Lipinski definition) is 2. The number of aryl methyl sites for hydroxylation is 1. The van der Waals surface area contributed by atoms with E-state index in [9.17, 15) is 31.5 Å². The molecule has 7 nitrogen and oxygen atoms in total. The number of β-amino-alcohol motifs (C(OH)–C–C–N with tert-alkyl or cyclic N) is 1. The first-order chi connectivity index (χ1) is 15.5. The van der Waals surface area contributed by atoms with Gasteiger partial charge < -0.3 is 14.7 Å². The maximum Gasteiger partial charge on any atom is 0.416 e. The molecule has 1 saturated heterocycles. The summed E-state index contributed by atoms with van der Waals surface area (Å²) < 4.78 is 73.6. The van der Waals surface area contributed by atoms with Crippen molar-refractivity contribution >= 4 is 27.4 Å². The Morgan fingerprint density at radius 1 is 1.24 bits per heavy atom. The number of anilines is 2. The van der Waals surface area contributed by atoms with Gasteiger partial charge in [0.25, 0.3) is 10.0 Å². The Morgan fingerprint density at radius 3 is 2.58 bits per heavy atom. The topological polar surface area (TPSA) is 95.9 Å². The lowest BCUT2D eigenvalue weighted by Gasteiger charge is -2.33. The number of benzene rings is 2. The van der Waals surface area contributed by atoms with Crippen LogP contribution in [0.3, 0.4) is 0 Å². The Labute approximate surface area is 190 Å². The molecule has 2 aromatic rings. The van der Waals surface area contributed by atoms with Crippen molar-refractivity contribution in [3.63, 3.8) is 0 Å². The summed E-state index contributed by atoms with van der Waals surface area (Å²) in [5, 5.41) is 10.00. The van der Waals surface area contributed by atoms with Crippen LogP contribution in [0.15, 0.2) is 41.3 Å². The largest absolute Gasteiger partial charge is 0.465 e. The first-order valence-electron chi connectivity index (χ1n) is 10.3. The van der Waals surface area contributed by atoms with Crippen LogP contribution in [-0.2, 0) is 27.4 Å². The van der Waals surface area contributed by atoms with Crippen LogP contribution in [0.2, 0.25) is 0 Å². The molecule has 2 aromatic carbocycles. The molecule has 3 rings (SSSR count). The minimum atomic E-state index is -4.68. The number of nitrogens with one attached hydrogen (secondary N) is 1. The number of piperidine rings is 1. The summed E-state index contributed by atoms with van der Waals surface area (Å²) >= 11 is 0. The molecule has 33 heavy (non-hydrogen) atoms. The standard InChI is InChI=1S/C22H25F3N2O5S/c1-3-14-6-7-15(21(29)32-2)11-20(14)33(30,31)26-18-12-16(22(23,24)25)8-9-19(18)27-10-4-5-17(28)13-27/h6-9,11-12,17,26,28H,3-5,10,13H2,1-2H3/t17-/m0/s1. The van der Waals surface area contributed by atoms with E-state index in [4.69, 9.17) is 0 Å². The number of aliphatic hydroxyl groups excluding tert-OH is 1. The van der Waals surface area contributed by atoms with Crippen molar-refractivity contribution in [1.82, 2.24) is 0 Å². The fourth-order valence-corrected chi connectivity index (χ4v) is 5.19. The van der Waals surface area contributed by atoms with Crippen molar-refractivity contribution in [3.05, 3.63) is 53.1 Å². The lowest BCUT2D eigenvalue weighted by Crippen LogP contribution is -2.38. The predicted molar refractivity (Wildman–Crippen MR) is 117 cm³/mol. The average Bonchev–Trinajstić information content (AvgIpc) is 2.77. The number of carbonyl (C=O) groups excluding carboxylic acids is 1. The summed E-state index contributed by atoms with van der Waals surface area (Å²) in [4.78, 5) is 13.3. The zero-order chi connectivity index (χ0) is 24.4. The number of nitrogens with zero attached hydrogens (tertiary/aromatic N) is 1. The highest BCUT2D eigenvalue weighted by Gasteiger charge is 2.33. The van der Waals surface area contributed by atoms with E-state index >= 15 is 0 Å². The molecule has 0 aromatic heterocycles. The summed E-state index contributed by atoms with van der Waals surface area (Å²) in [6.07, 6.45) is -3.88. The Balaban J connectivity index is 2.09. The van der Waals surface area contributed by atoms with Gasteiger partial charge in [-0.15, -0.1) is 0 Å². The fourth-order valence-electron chi connectivity index (χ4n) is 3.78. The number of alkyl halides is 3. The molecule has 1 aliphatic heterocycles. The highest BCUT2D eigenvalue weighted by atomic mass is 32.2. The van der Waals surface area contributed by atoms with E-state index in [1.54, 1.807) is 11.8 Å². The van der Waals surface area contributed by atoms with Crippen molar-refractivity contribution < 1.29 is 36.2 Å². The summed E-state index contributed by atoms with van der Waals surface area (Å²) in [7, 11) is -3.21. The van der Waals surface area contributed by atoms with E-state index < -0.39 is 33.8 Å². The van der Waals surface area contributed by atoms with Crippen LogP contribution in [-0.4, -0.2) is 45.8 Å². The molecule has 0 radical (unpaired) electrons. The smallest absolute Gasteiger partial charge is 0.416 e. The van der Waals surface area contributed by atoms with Gasteiger partial charge in [-0.2, -0.15) is 13.2 Å². The first-order valence-corrected chi connectivity index (χ1v) is 11.8. The third kappa shape index (κ3) is 5.59. The van der Waals surface area contributed by atoms with E-state index in [2.05, 4.69) is 9.46 Å². The number of halogens is 3. The van der Waals surface area contributed by atoms with Crippen LogP contribution in [0.5, 0.6) is 0 Å². The second-order valence-electron chi connectivity index (χ2n) is 7.74. The lowest BCUT2D eigenvalue weighted by molar-refractivity contribution is -0.137. The molecule has 1 aliphatic rings. The molecule has 2 N–H and O–H groups in total. The molecular formula is C22H25F3N2O5S. The molecule has 1 atom stereocenters. The molecule has 0 unspecified atom stereocenters. The predicted octanol–water partition coefficient (Wildman–Crippen LogP) is 3.82. The van der Waals surface area contributed by atoms with Gasteiger partial charge in [0.15, 0.2) is 0 Å². The van der Waals surface area contributed by atoms with Crippen LogP contribution in [0.25, 0.3) is 0 Å². The zero-order valence-corrected chi connectivity index (χ0v) is 19.0. The average molecular weight is 487 g/mol. The Hall–Kier alpha value is -2.79. The maximum absolute atomic E-state index is 13.4. The van der Waals surface area contributed by atoms with E-state index in [0.717, 1.165) is 25.3 Å². The Morgan fingerprint density at radius 2 is 1.97 bits per heavy atom. The molecule has 0 saturated carbocycles. The second-order valence-corrected chi connectivity index (χ2v) is 9.40. The molecule has 180 valence electrons. The SMILES string of the molecule is CCc1ccc(C(=O)OC)cc1S(=O)(=O)Nc1cc(C(F)(F)F)ccc1N1CCC[C@H](O)C1. The highest BCUT2D eigenvalue weighted by molar-refractivity contribution is 7.92. The molecule has 0 amide bonds. The van der Waals surface area contributed by atoms with Gasteiger partial charge in [0.1, 0.15) is 0 Å². The quantitative estimate of drug-likeness (QED) is 0.603. The van der Waals surface area contributed by atoms with Crippen molar-refractivity contribution in [3.8, 4) is 0 Å². The number of sulfonamides is 1. The van der Waals surface area contributed by atoms with Gasteiger partial charge in [0.05, 0.1) is 40.6 Å². The van der Waals surface area contributed by atoms with Crippen molar-refractivity contribution in [2.24, 2.45) is 0 Å². The summed E-state index contributed by atoms with van der Waals surface area (Å²) in [6.45, 7) is 2.34. The van der Waals surface area contributed by atoms with Crippen LogP contribution < -0.4 is 9.62 Å². The fraction of sp³-hybridized carbons (Fsp3) is 0.409. The number of aliphatic hydroxyl groups is 1. The normalized spacial score (nSPS) is 17.0. The minimum Gasteiger partial charge on any atom is -0.465 e. The highest BCUT2D eigenvalue weighted by Crippen LogP contribution is 2.37. The van der Waals surface area contributed by atoms with Crippen LogP contribution >= 0.6 is 0 Å². The van der Waals surface area contributed by atoms with Crippen LogP contribution in [0.4, 0.5) is 24.5 Å². The van der Waals surface area contributed by atoms with Crippen LogP contribution in [0.1, 0.15) is 41.3 Å². The molecular weight excluding hydrogens is 461 g/mol. The second kappa shape index (κ2) is 9.60. The first kappa shape index (κ1) is 24.8. The van der Waals surface area contributed by atoms with Crippen molar-refractivity contribution in [2.45, 2.75) is 43.4 Å². The number of rotatable bonds is 6. The third-order valence-electron chi connectivity index (χ3n) is 5.46. The molecule has 11 heteroatoms. The molecule has 1 heterocycles. The minimum absolute atomic E-state index is 0.00139. The Bertz CT molecular complexity index is 1140.